The van der Waals surface area contributed by atoms with Gasteiger partial charge in [-0.15, -0.1) is 11.3 Å². The zero-order valence-corrected chi connectivity index (χ0v) is 10.6. The van der Waals surface area contributed by atoms with Crippen LogP contribution in [-0.4, -0.2) is 52.0 Å². The van der Waals surface area contributed by atoms with Crippen LogP contribution in [0.5, 0.6) is 0 Å². The number of amides is 3. The second-order valence-corrected chi connectivity index (χ2v) is 4.88. The summed E-state index contributed by atoms with van der Waals surface area (Å²) in [6.07, 6.45) is 1.61. The monoisotopic (exact) mass is 284 g/mol. The molecule has 1 aliphatic heterocycles. The molecule has 8 nitrogen and oxygen atoms in total. The molecular weight excluding hydrogens is 272 g/mol. The molecule has 1 aromatic heterocycles. The van der Waals surface area contributed by atoms with Crippen LogP contribution in [0, 0.1) is 0 Å². The van der Waals surface area contributed by atoms with Crippen molar-refractivity contribution < 1.29 is 19.5 Å². The van der Waals surface area contributed by atoms with Crippen molar-refractivity contribution in [2.24, 2.45) is 0 Å². The fourth-order valence-electron chi connectivity index (χ4n) is 1.67. The second kappa shape index (κ2) is 5.65. The summed E-state index contributed by atoms with van der Waals surface area (Å²) in [5.41, 5.74) is 1.63. The van der Waals surface area contributed by atoms with E-state index in [0.717, 1.165) is 9.78 Å². The first kappa shape index (κ1) is 13.3. The smallest absolute Gasteiger partial charge is 0.328 e. The van der Waals surface area contributed by atoms with Gasteiger partial charge in [0.15, 0.2) is 0 Å². The van der Waals surface area contributed by atoms with Gasteiger partial charge in [-0.05, 0) is 0 Å². The number of carbonyl (C=O) groups excluding carboxylic acids is 2. The molecule has 3 N–H and O–H groups in total. The maximum atomic E-state index is 11.9. The number of carboxylic acids is 1. The van der Waals surface area contributed by atoms with Gasteiger partial charge in [-0.2, -0.15) is 0 Å². The van der Waals surface area contributed by atoms with Gasteiger partial charge in [-0.25, -0.2) is 9.59 Å². The lowest BCUT2D eigenvalue weighted by Gasteiger charge is -2.32. The fourth-order valence-corrected chi connectivity index (χ4v) is 2.20. The lowest BCUT2D eigenvalue weighted by atomic mass is 10.2. The van der Waals surface area contributed by atoms with Gasteiger partial charge in [0, 0.05) is 17.6 Å². The minimum atomic E-state index is -1.15. The standard InChI is InChI=1S/C10H12N4O4S/c15-8-4-14(7(3-12-8)9(16)17)10(18)13-2-6-1-11-5-19-6/h1,5,7H,2-4H2,(H,12,15)(H,13,18)(H,16,17). The summed E-state index contributed by atoms with van der Waals surface area (Å²) in [6, 6.07) is -1.62. The van der Waals surface area contributed by atoms with Gasteiger partial charge in [0.05, 0.1) is 12.1 Å². The normalized spacial score (nSPS) is 18.8. The van der Waals surface area contributed by atoms with Crippen molar-refractivity contribution in [2.75, 3.05) is 13.1 Å². The molecule has 1 aliphatic rings. The van der Waals surface area contributed by atoms with Crippen molar-refractivity contribution in [3.63, 3.8) is 0 Å². The summed E-state index contributed by atoms with van der Waals surface area (Å²) in [4.78, 5) is 39.9. The Hall–Kier alpha value is -2.16. The number of piperazine rings is 1. The van der Waals surface area contributed by atoms with Crippen LogP contribution in [0.4, 0.5) is 4.79 Å². The lowest BCUT2D eigenvalue weighted by Crippen LogP contribution is -2.61. The number of carboxylic acid groups (broad SMARTS) is 1. The number of nitrogens with zero attached hydrogens (tertiary/aromatic N) is 2. The third kappa shape index (κ3) is 3.19. The minimum absolute atomic E-state index is 0.0812. The lowest BCUT2D eigenvalue weighted by molar-refractivity contribution is -0.144. The van der Waals surface area contributed by atoms with Crippen LogP contribution in [0.1, 0.15) is 4.88 Å². The topological polar surface area (TPSA) is 112 Å². The Morgan fingerprint density at radius 2 is 2.42 bits per heavy atom. The van der Waals surface area contributed by atoms with Crippen molar-refractivity contribution in [1.29, 1.82) is 0 Å². The van der Waals surface area contributed by atoms with E-state index in [4.69, 9.17) is 5.11 Å². The third-order valence-corrected chi connectivity index (χ3v) is 3.41. The Labute approximate surface area is 112 Å². The van der Waals surface area contributed by atoms with E-state index >= 15 is 0 Å². The Kier molecular flexibility index (Phi) is 3.95. The van der Waals surface area contributed by atoms with Crippen LogP contribution in [0.15, 0.2) is 11.7 Å². The second-order valence-electron chi connectivity index (χ2n) is 3.91. The number of hydrogen-bond acceptors (Lipinski definition) is 5. The predicted octanol–water partition coefficient (Wildman–Crippen LogP) is -0.762. The van der Waals surface area contributed by atoms with Crippen molar-refractivity contribution in [1.82, 2.24) is 20.5 Å². The number of urea groups is 1. The first-order valence-corrected chi connectivity index (χ1v) is 6.37. The molecule has 3 amide bonds. The van der Waals surface area contributed by atoms with Crippen molar-refractivity contribution in [3.8, 4) is 0 Å². The van der Waals surface area contributed by atoms with E-state index < -0.39 is 18.0 Å². The fraction of sp³-hybridized carbons (Fsp3) is 0.400. The Bertz CT molecular complexity index is 490. The molecule has 9 heteroatoms. The van der Waals surface area contributed by atoms with Gasteiger partial charge in [0.1, 0.15) is 12.6 Å². The van der Waals surface area contributed by atoms with Crippen LogP contribution < -0.4 is 10.6 Å². The molecule has 2 heterocycles. The SMILES string of the molecule is O=C1CN(C(=O)NCc2cncs2)C(C(=O)O)CN1. The summed E-state index contributed by atoms with van der Waals surface area (Å²) in [5, 5.41) is 14.0. The zero-order chi connectivity index (χ0) is 13.8. The number of aromatic nitrogens is 1. The molecule has 0 aliphatic carbocycles. The molecule has 0 bridgehead atoms. The molecule has 102 valence electrons. The van der Waals surface area contributed by atoms with Crippen LogP contribution >= 0.6 is 11.3 Å². The molecule has 1 saturated heterocycles. The molecule has 1 fully saturated rings. The number of hydrogen-bond donors (Lipinski definition) is 3. The number of aliphatic carboxylic acids is 1. The van der Waals surface area contributed by atoms with Gasteiger partial charge < -0.3 is 15.7 Å². The highest BCUT2D eigenvalue weighted by atomic mass is 32.1. The van der Waals surface area contributed by atoms with Crippen molar-refractivity contribution in [3.05, 3.63) is 16.6 Å². The van der Waals surface area contributed by atoms with Gasteiger partial charge in [0.2, 0.25) is 5.91 Å². The summed E-state index contributed by atoms with van der Waals surface area (Å²) >= 11 is 1.38. The molecular formula is C10H12N4O4S. The average Bonchev–Trinajstić information content (AvgIpc) is 2.88. The summed E-state index contributed by atoms with van der Waals surface area (Å²) < 4.78 is 0. The van der Waals surface area contributed by atoms with E-state index in [1.165, 1.54) is 11.3 Å². The highest BCUT2D eigenvalue weighted by Gasteiger charge is 2.35. The molecule has 0 aromatic carbocycles. The molecule has 0 radical (unpaired) electrons. The molecule has 2 rings (SSSR count). The first-order chi connectivity index (χ1) is 9.08. The van der Waals surface area contributed by atoms with E-state index in [2.05, 4.69) is 15.6 Å². The van der Waals surface area contributed by atoms with Gasteiger partial charge in [-0.3, -0.25) is 14.7 Å². The van der Waals surface area contributed by atoms with Crippen LogP contribution in [0.2, 0.25) is 0 Å². The average molecular weight is 284 g/mol. The van der Waals surface area contributed by atoms with Gasteiger partial charge >= 0.3 is 12.0 Å². The molecule has 0 spiro atoms. The van der Waals surface area contributed by atoms with Crippen LogP contribution in [-0.2, 0) is 16.1 Å². The number of nitrogens with one attached hydrogen (secondary N) is 2. The Morgan fingerprint density at radius 1 is 1.63 bits per heavy atom. The Balaban J connectivity index is 1.98. The van der Waals surface area contributed by atoms with E-state index in [0.29, 0.717) is 0 Å². The number of rotatable bonds is 3. The van der Waals surface area contributed by atoms with E-state index in [1.807, 2.05) is 0 Å². The molecule has 19 heavy (non-hydrogen) atoms. The van der Waals surface area contributed by atoms with Crippen molar-refractivity contribution >= 4 is 29.2 Å². The quantitative estimate of drug-likeness (QED) is 0.675. The third-order valence-electron chi connectivity index (χ3n) is 2.63. The predicted molar refractivity (Wildman–Crippen MR) is 65.5 cm³/mol. The highest BCUT2D eigenvalue weighted by molar-refractivity contribution is 7.09. The summed E-state index contributed by atoms with van der Waals surface area (Å²) in [7, 11) is 0. The van der Waals surface area contributed by atoms with E-state index in [1.54, 1.807) is 11.7 Å². The number of carbonyl (C=O) groups is 3. The van der Waals surface area contributed by atoms with Crippen molar-refractivity contribution in [2.45, 2.75) is 12.6 Å². The van der Waals surface area contributed by atoms with Gasteiger partial charge in [0.25, 0.3) is 0 Å². The Morgan fingerprint density at radius 3 is 3.05 bits per heavy atom. The molecule has 1 unspecified atom stereocenters. The number of thiazole rings is 1. The molecule has 1 aromatic rings. The maximum Gasteiger partial charge on any atom is 0.328 e. The first-order valence-electron chi connectivity index (χ1n) is 5.49. The van der Waals surface area contributed by atoms with E-state index in [-0.39, 0.29) is 25.5 Å². The van der Waals surface area contributed by atoms with Gasteiger partial charge in [-0.1, -0.05) is 0 Å². The molecule has 0 saturated carbocycles. The maximum absolute atomic E-state index is 11.9. The minimum Gasteiger partial charge on any atom is -0.480 e. The zero-order valence-electron chi connectivity index (χ0n) is 9.83. The molecule has 1 atom stereocenters. The largest absolute Gasteiger partial charge is 0.480 e. The summed E-state index contributed by atoms with van der Waals surface area (Å²) in [6.45, 7) is -0.0818. The van der Waals surface area contributed by atoms with Crippen LogP contribution in [0.3, 0.4) is 0 Å². The highest BCUT2D eigenvalue weighted by Crippen LogP contribution is 2.07. The van der Waals surface area contributed by atoms with Crippen LogP contribution in [0.25, 0.3) is 0 Å². The van der Waals surface area contributed by atoms with E-state index in [9.17, 15) is 14.4 Å². The summed E-state index contributed by atoms with van der Waals surface area (Å²) in [5.74, 6) is -1.52.